The van der Waals surface area contributed by atoms with Gasteiger partial charge in [0, 0.05) is 0 Å². The molecule has 1 saturated heterocycles. The van der Waals surface area contributed by atoms with Gasteiger partial charge in [0.2, 0.25) is 0 Å². The van der Waals surface area contributed by atoms with Crippen molar-refractivity contribution in [3.63, 3.8) is 0 Å². The minimum Gasteiger partial charge on any atom is -0.444 e. The van der Waals surface area contributed by atoms with Crippen LogP contribution in [0.4, 0.5) is 4.79 Å². The van der Waals surface area contributed by atoms with Gasteiger partial charge in [0.25, 0.3) is 11.8 Å². The Hall–Kier alpha value is -4.05. The monoisotopic (exact) mass is 475 g/mol. The van der Waals surface area contributed by atoms with Gasteiger partial charge >= 0.3 is 6.09 Å². The molecule has 0 radical (unpaired) electrons. The van der Waals surface area contributed by atoms with E-state index in [4.69, 9.17) is 9.47 Å². The molecule has 0 aliphatic carbocycles. The molecule has 2 atom stereocenters. The Kier molecular flexibility index (Phi) is 5.81. The SMILES string of the molecule is CC1(C)O[C@H](CN2C(=O)c3ccccc3C2=O)[C@@H](Cn2nccn2)N1C(=O)OCc1ccccc1. The Bertz CT molecular complexity index is 1210. The van der Waals surface area contributed by atoms with Crippen molar-refractivity contribution in [2.45, 2.75) is 44.9 Å². The third-order valence-corrected chi connectivity index (χ3v) is 6.24. The zero-order valence-electron chi connectivity index (χ0n) is 19.4. The number of imide groups is 1. The summed E-state index contributed by atoms with van der Waals surface area (Å²) in [6.07, 6.45) is 1.83. The summed E-state index contributed by atoms with van der Waals surface area (Å²) in [6.45, 7) is 3.78. The van der Waals surface area contributed by atoms with E-state index < -0.39 is 24.0 Å². The molecule has 3 heterocycles. The predicted molar refractivity (Wildman–Crippen MR) is 123 cm³/mol. The van der Waals surface area contributed by atoms with E-state index in [1.165, 1.54) is 27.0 Å². The summed E-state index contributed by atoms with van der Waals surface area (Å²) < 4.78 is 11.9. The molecule has 2 aromatic carbocycles. The first-order valence-electron chi connectivity index (χ1n) is 11.3. The Morgan fingerprint density at radius 2 is 1.54 bits per heavy atom. The van der Waals surface area contributed by atoms with E-state index in [1.54, 1.807) is 38.1 Å². The fourth-order valence-corrected chi connectivity index (χ4v) is 4.66. The number of ether oxygens (including phenoxy) is 2. The van der Waals surface area contributed by atoms with E-state index in [2.05, 4.69) is 10.2 Å². The number of benzene rings is 2. The number of amides is 3. The maximum Gasteiger partial charge on any atom is 0.412 e. The van der Waals surface area contributed by atoms with Crippen molar-refractivity contribution in [1.82, 2.24) is 24.8 Å². The summed E-state index contributed by atoms with van der Waals surface area (Å²) in [5.41, 5.74) is 0.513. The summed E-state index contributed by atoms with van der Waals surface area (Å²) in [6, 6.07) is 15.5. The molecule has 10 heteroatoms. The highest BCUT2D eigenvalue weighted by Gasteiger charge is 2.52. The van der Waals surface area contributed by atoms with E-state index >= 15 is 0 Å². The number of hydrogen-bond donors (Lipinski definition) is 0. The van der Waals surface area contributed by atoms with Crippen LogP contribution in [0.1, 0.15) is 40.1 Å². The van der Waals surface area contributed by atoms with Crippen LogP contribution in [0.5, 0.6) is 0 Å². The molecule has 2 aliphatic heterocycles. The van der Waals surface area contributed by atoms with Crippen molar-refractivity contribution in [3.8, 4) is 0 Å². The summed E-state index contributed by atoms with van der Waals surface area (Å²) >= 11 is 0. The van der Waals surface area contributed by atoms with Gasteiger partial charge in [-0.3, -0.25) is 19.4 Å². The lowest BCUT2D eigenvalue weighted by Gasteiger charge is -2.32. The lowest BCUT2D eigenvalue weighted by molar-refractivity contribution is -0.0736. The normalized spacial score (nSPS) is 20.9. The van der Waals surface area contributed by atoms with Crippen LogP contribution in [0.25, 0.3) is 0 Å². The molecule has 0 spiro atoms. The third kappa shape index (κ3) is 4.28. The first kappa shape index (κ1) is 22.7. The lowest BCUT2D eigenvalue weighted by Crippen LogP contribution is -2.51. The Morgan fingerprint density at radius 3 is 2.17 bits per heavy atom. The molecule has 0 bridgehead atoms. The third-order valence-electron chi connectivity index (χ3n) is 6.24. The standard InChI is InChI=1S/C25H25N5O5/c1-25(2)30(24(33)34-16-17-8-4-3-5-9-17)20(14-29-26-12-13-27-29)21(35-25)15-28-22(31)18-10-6-7-11-19(18)23(28)32/h3-13,20-21H,14-16H2,1-2H3/t20-,21-/m1/s1. The van der Waals surface area contributed by atoms with Gasteiger partial charge in [-0.15, -0.1) is 0 Å². The smallest absolute Gasteiger partial charge is 0.412 e. The van der Waals surface area contributed by atoms with E-state index in [9.17, 15) is 14.4 Å². The van der Waals surface area contributed by atoms with Crippen molar-refractivity contribution in [2.75, 3.05) is 6.54 Å². The minimum absolute atomic E-state index is 0.0236. The second-order valence-corrected chi connectivity index (χ2v) is 8.93. The van der Waals surface area contributed by atoms with Crippen molar-refractivity contribution in [1.29, 1.82) is 0 Å². The number of aromatic nitrogens is 3. The molecule has 3 amide bonds. The average Bonchev–Trinajstić information content (AvgIpc) is 3.52. The zero-order valence-corrected chi connectivity index (χ0v) is 19.4. The first-order valence-corrected chi connectivity index (χ1v) is 11.3. The molecule has 3 aromatic rings. The number of carbonyl (C=O) groups excluding carboxylic acids is 3. The van der Waals surface area contributed by atoms with E-state index in [1.807, 2.05) is 30.3 Å². The van der Waals surface area contributed by atoms with Crippen LogP contribution in [0.2, 0.25) is 0 Å². The van der Waals surface area contributed by atoms with Gasteiger partial charge in [0.05, 0.1) is 42.7 Å². The van der Waals surface area contributed by atoms with Gasteiger partial charge in [-0.1, -0.05) is 42.5 Å². The molecule has 180 valence electrons. The number of carbonyl (C=O) groups is 3. The van der Waals surface area contributed by atoms with E-state index in [-0.39, 0.29) is 31.5 Å². The van der Waals surface area contributed by atoms with Crippen LogP contribution in [0.3, 0.4) is 0 Å². The number of nitrogens with zero attached hydrogens (tertiary/aromatic N) is 5. The van der Waals surface area contributed by atoms with E-state index in [0.29, 0.717) is 11.1 Å². The quantitative estimate of drug-likeness (QED) is 0.505. The van der Waals surface area contributed by atoms with Crippen LogP contribution in [-0.2, 0) is 22.6 Å². The summed E-state index contributed by atoms with van der Waals surface area (Å²) in [5.74, 6) is -0.763. The van der Waals surface area contributed by atoms with Gasteiger partial charge < -0.3 is 9.47 Å². The molecular weight excluding hydrogens is 450 g/mol. The molecule has 2 aliphatic rings. The summed E-state index contributed by atoms with van der Waals surface area (Å²) in [7, 11) is 0. The summed E-state index contributed by atoms with van der Waals surface area (Å²) in [4.78, 5) is 43.4. The largest absolute Gasteiger partial charge is 0.444 e. The fraction of sp³-hybridized carbons (Fsp3) is 0.320. The molecule has 10 nitrogen and oxygen atoms in total. The van der Waals surface area contributed by atoms with Gasteiger partial charge in [-0.05, 0) is 31.5 Å². The van der Waals surface area contributed by atoms with Gasteiger partial charge in [-0.25, -0.2) is 4.79 Å². The zero-order chi connectivity index (χ0) is 24.6. The molecular formula is C25H25N5O5. The van der Waals surface area contributed by atoms with Gasteiger partial charge in [0.15, 0.2) is 0 Å². The topological polar surface area (TPSA) is 107 Å². The lowest BCUT2D eigenvalue weighted by atomic mass is 10.1. The number of hydrogen-bond acceptors (Lipinski definition) is 7. The molecule has 1 aromatic heterocycles. The highest BCUT2D eigenvalue weighted by atomic mass is 16.6. The number of rotatable bonds is 6. The highest BCUT2D eigenvalue weighted by Crippen LogP contribution is 2.35. The second kappa shape index (κ2) is 8.95. The molecule has 0 saturated carbocycles. The maximum absolute atomic E-state index is 13.3. The van der Waals surface area contributed by atoms with Crippen LogP contribution >= 0.6 is 0 Å². The summed E-state index contributed by atoms with van der Waals surface area (Å²) in [5, 5.41) is 8.33. The molecule has 0 unspecified atom stereocenters. The van der Waals surface area contributed by atoms with Crippen molar-refractivity contribution in [3.05, 3.63) is 83.7 Å². The predicted octanol–water partition coefficient (Wildman–Crippen LogP) is 2.72. The van der Waals surface area contributed by atoms with Gasteiger partial charge in [-0.2, -0.15) is 15.0 Å². The van der Waals surface area contributed by atoms with Crippen LogP contribution in [0, 0.1) is 0 Å². The highest BCUT2D eigenvalue weighted by molar-refractivity contribution is 6.21. The van der Waals surface area contributed by atoms with Crippen LogP contribution < -0.4 is 0 Å². The Morgan fingerprint density at radius 1 is 0.943 bits per heavy atom. The molecule has 0 N–H and O–H groups in total. The molecule has 35 heavy (non-hydrogen) atoms. The fourth-order valence-electron chi connectivity index (χ4n) is 4.66. The van der Waals surface area contributed by atoms with Crippen LogP contribution in [-0.4, -0.2) is 67.1 Å². The first-order chi connectivity index (χ1) is 16.8. The van der Waals surface area contributed by atoms with Crippen LogP contribution in [0.15, 0.2) is 67.0 Å². The Labute approximate surface area is 202 Å². The van der Waals surface area contributed by atoms with Crippen molar-refractivity contribution < 1.29 is 23.9 Å². The van der Waals surface area contributed by atoms with Crippen molar-refractivity contribution >= 4 is 17.9 Å². The van der Waals surface area contributed by atoms with Crippen molar-refractivity contribution in [2.24, 2.45) is 0 Å². The van der Waals surface area contributed by atoms with Gasteiger partial charge in [0.1, 0.15) is 18.4 Å². The molecule has 1 fully saturated rings. The molecule has 5 rings (SSSR count). The second-order valence-electron chi connectivity index (χ2n) is 8.93. The number of fused-ring (bicyclic) bond motifs is 1. The Balaban J connectivity index is 1.40. The van der Waals surface area contributed by atoms with E-state index in [0.717, 1.165) is 5.56 Å². The minimum atomic E-state index is -1.06. The maximum atomic E-state index is 13.3. The average molecular weight is 476 g/mol.